The molecule has 0 saturated carbocycles. The Morgan fingerprint density at radius 2 is 1.47 bits per heavy atom. The molecule has 1 aromatic carbocycles. The van der Waals surface area contributed by atoms with Crippen molar-refractivity contribution >= 4 is 23.8 Å². The first kappa shape index (κ1) is 54.3. The van der Waals surface area contributed by atoms with E-state index in [0.29, 0.717) is 24.1 Å². The molecule has 1 aliphatic heterocycles. The third-order valence-corrected chi connectivity index (χ3v) is 12.2. The molecule has 1 heterocycles. The number of likely N-dealkylation sites (N-methyl/N-ethyl adjacent to an activating group) is 1. The maximum absolute atomic E-state index is 13.4. The van der Waals surface area contributed by atoms with Crippen LogP contribution in [0.25, 0.3) is 0 Å². The first-order valence-corrected chi connectivity index (χ1v) is 25.0. The molecule has 58 heavy (non-hydrogen) atoms. The fraction of sp³-hybridized carbons (Fsp3) is 0.795. The number of carbonyl (C=O) groups excluding carboxylic acids is 1. The number of phosphoric acid groups is 1. The van der Waals surface area contributed by atoms with Crippen molar-refractivity contribution in [3.8, 4) is 0 Å². The number of hydrogen-bond donors (Lipinski definition) is 1. The summed E-state index contributed by atoms with van der Waals surface area (Å²) in [5, 5.41) is 3.14. The number of nitrogens with one attached hydrogen (secondary N) is 1. The highest BCUT2D eigenvalue weighted by Crippen LogP contribution is 2.48. The van der Waals surface area contributed by atoms with Crippen molar-refractivity contribution in [3.05, 3.63) is 42.0 Å². The molecule has 1 amide bonds. The highest BCUT2D eigenvalue weighted by molar-refractivity contribution is 7.85. The normalized spacial score (nSPS) is 17.0. The maximum Gasteiger partial charge on any atom is 0.474 e. The average molecular weight is 861 g/mol. The summed E-state index contributed by atoms with van der Waals surface area (Å²) in [6.45, 7) is 7.72. The molecule has 0 radical (unpaired) electrons. The van der Waals surface area contributed by atoms with Crippen molar-refractivity contribution in [3.63, 3.8) is 0 Å². The molecule has 0 aliphatic carbocycles. The van der Waals surface area contributed by atoms with Crippen molar-refractivity contribution < 1.29 is 49.9 Å². The van der Waals surface area contributed by atoms with Crippen LogP contribution in [0, 0.1) is 6.92 Å². The van der Waals surface area contributed by atoms with Crippen LogP contribution in [-0.4, -0.2) is 96.4 Å². The quantitative estimate of drug-likeness (QED) is 0.0244. The monoisotopic (exact) mass is 861 g/mol. The Morgan fingerprint density at radius 1 is 0.897 bits per heavy atom. The second-order valence-corrected chi connectivity index (χ2v) is 19.7. The summed E-state index contributed by atoms with van der Waals surface area (Å²) in [5.41, 5.74) is 0.928. The molecule has 1 aliphatic rings. The lowest BCUT2D eigenvalue weighted by Crippen LogP contribution is -2.48. The zero-order chi connectivity index (χ0) is 43.1. The molecule has 0 spiro atoms. The minimum atomic E-state index is -4.27. The van der Waals surface area contributed by atoms with Crippen LogP contribution >= 0.6 is 7.82 Å². The molecule has 1 saturated heterocycles. The number of phosphoric ester groups is 1. The highest BCUT2D eigenvalue weighted by Gasteiger charge is 2.32. The van der Waals surface area contributed by atoms with Crippen molar-refractivity contribution in [1.29, 1.82) is 0 Å². The SMILES string of the molecule is CCCCCCCCCCCCC/C=C/[C@@H](OC1CCCCO1)[C@H](COP(=O)(OC)OCC[N+](C)(C)C)NC(=O)CCCCCCC.Cc1ccc(S(=O)(=O)[O-])cc1. The van der Waals surface area contributed by atoms with Crippen LogP contribution in [0.2, 0.25) is 0 Å². The van der Waals surface area contributed by atoms with E-state index in [9.17, 15) is 22.3 Å². The summed E-state index contributed by atoms with van der Waals surface area (Å²) >= 11 is 0. The van der Waals surface area contributed by atoms with E-state index in [1.807, 2.05) is 34.1 Å². The van der Waals surface area contributed by atoms with Gasteiger partial charge in [0, 0.05) is 20.1 Å². The van der Waals surface area contributed by atoms with Gasteiger partial charge in [0.15, 0.2) is 6.29 Å². The fourth-order valence-electron chi connectivity index (χ4n) is 6.26. The smallest absolute Gasteiger partial charge is 0.474 e. The van der Waals surface area contributed by atoms with Crippen LogP contribution in [-0.2, 0) is 42.5 Å². The number of quaternary nitrogens is 1. The van der Waals surface area contributed by atoms with Gasteiger partial charge in [-0.25, -0.2) is 13.0 Å². The third kappa shape index (κ3) is 28.7. The van der Waals surface area contributed by atoms with Crippen molar-refractivity contribution in [2.45, 2.75) is 179 Å². The lowest BCUT2D eigenvalue weighted by Gasteiger charge is -2.32. The predicted molar refractivity (Wildman–Crippen MR) is 233 cm³/mol. The molecule has 2 rings (SSSR count). The summed E-state index contributed by atoms with van der Waals surface area (Å²) in [5.74, 6) is -0.0646. The Balaban J connectivity index is 0.00000131. The Labute approximate surface area is 353 Å². The van der Waals surface area contributed by atoms with E-state index in [-0.39, 0.29) is 30.3 Å². The number of carbonyl (C=O) groups is 1. The molecule has 1 aromatic rings. The van der Waals surface area contributed by atoms with Crippen LogP contribution in [0.3, 0.4) is 0 Å². The van der Waals surface area contributed by atoms with Crippen molar-refractivity contribution in [2.75, 3.05) is 54.6 Å². The van der Waals surface area contributed by atoms with E-state index in [2.05, 4.69) is 25.2 Å². The van der Waals surface area contributed by atoms with E-state index in [4.69, 9.17) is 23.0 Å². The molecular formula is C44H81N2O10PS. The summed E-state index contributed by atoms with van der Waals surface area (Å²) in [6, 6.07) is 5.20. The van der Waals surface area contributed by atoms with Gasteiger partial charge >= 0.3 is 7.82 Å². The van der Waals surface area contributed by atoms with E-state index >= 15 is 0 Å². The Kier molecular flexibility index (Phi) is 30.1. The molecule has 4 atom stereocenters. The summed E-state index contributed by atoms with van der Waals surface area (Å²) in [7, 11) is -0.668. The van der Waals surface area contributed by atoms with Crippen LogP contribution in [0.5, 0.6) is 0 Å². The van der Waals surface area contributed by atoms with Gasteiger partial charge in [-0.3, -0.25) is 18.4 Å². The number of amides is 1. The second-order valence-electron chi connectivity index (χ2n) is 16.5. The molecule has 12 nitrogen and oxygen atoms in total. The highest BCUT2D eigenvalue weighted by atomic mass is 32.2. The molecule has 2 unspecified atom stereocenters. The topological polar surface area (TPSA) is 150 Å². The third-order valence-electron chi connectivity index (χ3n) is 9.95. The number of unbranched alkanes of at least 4 members (excludes halogenated alkanes) is 15. The molecule has 0 aromatic heterocycles. The Bertz CT molecular complexity index is 1370. The number of ether oxygens (including phenoxy) is 2. The first-order chi connectivity index (χ1) is 27.6. The van der Waals surface area contributed by atoms with Gasteiger partial charge in [0.25, 0.3) is 0 Å². The minimum absolute atomic E-state index is 0.0646. The Morgan fingerprint density at radius 3 is 1.98 bits per heavy atom. The van der Waals surface area contributed by atoms with Crippen LogP contribution in [0.4, 0.5) is 0 Å². The summed E-state index contributed by atoms with van der Waals surface area (Å²) in [4.78, 5) is 13.0. The summed E-state index contributed by atoms with van der Waals surface area (Å²) in [6.07, 6.45) is 27.3. The van der Waals surface area contributed by atoms with Gasteiger partial charge in [-0.05, 0) is 57.6 Å². The van der Waals surface area contributed by atoms with Gasteiger partial charge in [0.05, 0.1) is 38.7 Å². The maximum atomic E-state index is 13.4. The van der Waals surface area contributed by atoms with E-state index in [0.717, 1.165) is 63.4 Å². The zero-order valence-corrected chi connectivity index (χ0v) is 39.0. The minimum Gasteiger partial charge on any atom is -0.744 e. The van der Waals surface area contributed by atoms with Crippen molar-refractivity contribution in [1.82, 2.24) is 5.32 Å². The van der Waals surface area contributed by atoms with E-state index < -0.39 is 30.1 Å². The second kappa shape index (κ2) is 32.1. The molecule has 1 N–H and O–H groups in total. The number of rotatable bonds is 32. The lowest BCUT2D eigenvalue weighted by molar-refractivity contribution is -0.870. The Hall–Kier alpha value is -1.67. The molecule has 0 bridgehead atoms. The number of nitrogens with zero attached hydrogens (tertiary/aromatic N) is 1. The van der Waals surface area contributed by atoms with Gasteiger partial charge in [-0.15, -0.1) is 0 Å². The van der Waals surface area contributed by atoms with Gasteiger partial charge in [0.1, 0.15) is 29.4 Å². The lowest BCUT2D eigenvalue weighted by atomic mass is 10.0. The number of hydrogen-bond acceptors (Lipinski definition) is 10. The van der Waals surface area contributed by atoms with Gasteiger partial charge < -0.3 is 23.8 Å². The molecular weight excluding hydrogens is 780 g/mol. The van der Waals surface area contributed by atoms with Gasteiger partial charge in [-0.1, -0.05) is 134 Å². The van der Waals surface area contributed by atoms with Crippen molar-refractivity contribution in [2.24, 2.45) is 0 Å². The van der Waals surface area contributed by atoms with Crippen LogP contribution in [0.15, 0.2) is 41.3 Å². The standard InChI is InChI=1S/C37H73N2O7P.C7H8O3S/c1-7-9-11-13-14-15-16-17-18-19-20-22-23-27-35(46-37-29-25-26-31-43-37)34(38-36(40)28-24-21-12-10-8-2)33-45-47(41,42-6)44-32-30-39(3,4)5;1-6-2-4-7(5-3-6)11(8,9)10/h23,27,34-35,37H,7-22,24-26,28-33H2,1-6H3;2-5H,1H3,(H,8,9,10)/b27-23+;/t34-,35+,37?,47?;/m0./s1. The van der Waals surface area contributed by atoms with Gasteiger partial charge in [-0.2, -0.15) is 0 Å². The van der Waals surface area contributed by atoms with E-state index in [1.165, 1.54) is 89.9 Å². The predicted octanol–water partition coefficient (Wildman–Crippen LogP) is 10.4. The molecule has 338 valence electrons. The number of aryl methyl sites for hydroxylation is 1. The number of benzene rings is 1. The summed E-state index contributed by atoms with van der Waals surface area (Å²) < 4.78 is 74.3. The number of allylic oxidation sites excluding steroid dienone is 1. The first-order valence-electron chi connectivity index (χ1n) is 22.1. The largest absolute Gasteiger partial charge is 0.744 e. The van der Waals surface area contributed by atoms with E-state index in [1.54, 1.807) is 12.1 Å². The fourth-order valence-corrected chi connectivity index (χ4v) is 7.66. The average Bonchev–Trinajstić information content (AvgIpc) is 3.17. The van der Waals surface area contributed by atoms with Crippen LogP contribution < -0.4 is 5.32 Å². The van der Waals surface area contributed by atoms with Gasteiger partial charge in [0.2, 0.25) is 5.91 Å². The molecule has 14 heteroatoms. The van der Waals surface area contributed by atoms with Crippen LogP contribution in [0.1, 0.15) is 154 Å². The zero-order valence-electron chi connectivity index (χ0n) is 37.3. The molecule has 1 fully saturated rings.